The van der Waals surface area contributed by atoms with Gasteiger partial charge >= 0.3 is 0 Å². The van der Waals surface area contributed by atoms with Crippen LogP contribution in [0, 0.1) is 0 Å². The van der Waals surface area contributed by atoms with Gasteiger partial charge in [-0.25, -0.2) is 4.98 Å². The highest BCUT2D eigenvalue weighted by molar-refractivity contribution is 6.20. The number of aromatic nitrogens is 5. The molecule has 5 aromatic carbocycles. The van der Waals surface area contributed by atoms with Gasteiger partial charge in [0.25, 0.3) is 0 Å². The molecule has 0 aliphatic rings. The van der Waals surface area contributed by atoms with Crippen LogP contribution in [-0.2, 0) is 0 Å². The minimum Gasteiger partial charge on any atom is -0.316 e. The molecule has 10 rings (SSSR count). The summed E-state index contributed by atoms with van der Waals surface area (Å²) in [5.41, 5.74) is 9.93. The smallest absolute Gasteiger partial charge is 0.138 e. The molecule has 5 heteroatoms. The second-order valence-electron chi connectivity index (χ2n) is 12.0. The summed E-state index contributed by atoms with van der Waals surface area (Å²) in [6.45, 7) is 0. The summed E-state index contributed by atoms with van der Waals surface area (Å²) in [7, 11) is 0. The van der Waals surface area contributed by atoms with Crippen molar-refractivity contribution in [3.8, 4) is 28.5 Å². The van der Waals surface area contributed by atoms with E-state index in [0.29, 0.717) is 0 Å². The molecule has 0 radical (unpaired) electrons. The lowest BCUT2D eigenvalue weighted by Gasteiger charge is -2.10. The number of fused-ring (bicyclic) bond motifs is 7. The van der Waals surface area contributed by atoms with E-state index in [1.54, 1.807) is 6.20 Å². The molecule has 0 fully saturated rings. The molecular formula is C42H27N5. The maximum atomic E-state index is 5.24. The van der Waals surface area contributed by atoms with Crippen molar-refractivity contribution in [3.05, 3.63) is 164 Å². The van der Waals surface area contributed by atoms with E-state index in [-0.39, 0.29) is 0 Å². The maximum absolute atomic E-state index is 5.24. The van der Waals surface area contributed by atoms with Gasteiger partial charge in [0.15, 0.2) is 0 Å². The molecular weight excluding hydrogens is 574 g/mol. The molecule has 0 aliphatic heterocycles. The molecule has 0 amide bonds. The lowest BCUT2D eigenvalue weighted by molar-refractivity contribution is 1.08. The lowest BCUT2D eigenvalue weighted by Crippen LogP contribution is -1.99. The van der Waals surface area contributed by atoms with Crippen LogP contribution in [0.5, 0.6) is 0 Å². The molecule has 5 aromatic heterocycles. The fourth-order valence-corrected chi connectivity index (χ4v) is 7.24. The first kappa shape index (κ1) is 25.8. The molecule has 0 bridgehead atoms. The molecule has 10 aromatic rings. The number of nitrogens with zero attached hydrogens (tertiary/aromatic N) is 5. The molecule has 0 saturated carbocycles. The zero-order valence-corrected chi connectivity index (χ0v) is 25.3. The third-order valence-corrected chi connectivity index (χ3v) is 9.34. The van der Waals surface area contributed by atoms with Crippen molar-refractivity contribution in [1.29, 1.82) is 0 Å². The minimum atomic E-state index is 0.870. The average molecular weight is 602 g/mol. The molecule has 5 nitrogen and oxygen atoms in total. The largest absolute Gasteiger partial charge is 0.316 e. The van der Waals surface area contributed by atoms with E-state index in [1.807, 2.05) is 12.3 Å². The Morgan fingerprint density at radius 2 is 1.15 bits per heavy atom. The average Bonchev–Trinajstić information content (AvgIpc) is 3.80. The number of hydrogen-bond acceptors (Lipinski definition) is 2. The minimum absolute atomic E-state index is 0.870. The van der Waals surface area contributed by atoms with Crippen LogP contribution >= 0.6 is 0 Å². The molecule has 47 heavy (non-hydrogen) atoms. The number of pyridine rings is 2. The Hall–Kier alpha value is -6.46. The highest BCUT2D eigenvalue weighted by atomic mass is 15.1. The topological polar surface area (TPSA) is 40.6 Å². The molecule has 0 unspecified atom stereocenters. The van der Waals surface area contributed by atoms with Crippen LogP contribution < -0.4 is 0 Å². The van der Waals surface area contributed by atoms with E-state index in [4.69, 9.17) is 4.98 Å². The Kier molecular flexibility index (Phi) is 5.51. The van der Waals surface area contributed by atoms with Crippen LogP contribution in [0.2, 0.25) is 0 Å². The molecule has 0 N–H and O–H groups in total. The van der Waals surface area contributed by atoms with Crippen LogP contribution in [-0.4, -0.2) is 23.7 Å². The first-order chi connectivity index (χ1) is 23.3. The van der Waals surface area contributed by atoms with E-state index in [2.05, 4.69) is 164 Å². The normalized spacial score (nSPS) is 11.8. The van der Waals surface area contributed by atoms with Crippen LogP contribution in [0.4, 0.5) is 0 Å². The number of benzene rings is 5. The summed E-state index contributed by atoms with van der Waals surface area (Å²) in [5, 5.41) is 6.01. The quantitative estimate of drug-likeness (QED) is 0.201. The summed E-state index contributed by atoms with van der Waals surface area (Å²) >= 11 is 0. The van der Waals surface area contributed by atoms with E-state index >= 15 is 0 Å². The number of hydrogen-bond donors (Lipinski definition) is 0. The van der Waals surface area contributed by atoms with Crippen LogP contribution in [0.25, 0.3) is 83.0 Å². The number of rotatable bonds is 4. The van der Waals surface area contributed by atoms with Gasteiger partial charge in [-0.1, -0.05) is 60.7 Å². The second-order valence-corrected chi connectivity index (χ2v) is 12.0. The zero-order valence-electron chi connectivity index (χ0n) is 25.3. The molecule has 0 saturated heterocycles. The van der Waals surface area contributed by atoms with Gasteiger partial charge in [0, 0.05) is 62.5 Å². The van der Waals surface area contributed by atoms with Crippen LogP contribution in [0.15, 0.2) is 164 Å². The molecule has 0 atom stereocenters. The highest BCUT2D eigenvalue weighted by Gasteiger charge is 2.20. The highest BCUT2D eigenvalue weighted by Crippen LogP contribution is 2.41. The van der Waals surface area contributed by atoms with Gasteiger partial charge in [-0.15, -0.1) is 0 Å². The Balaban J connectivity index is 1.34. The Labute approximate surface area is 270 Å². The van der Waals surface area contributed by atoms with E-state index in [9.17, 15) is 0 Å². The summed E-state index contributed by atoms with van der Waals surface area (Å²) in [4.78, 5) is 9.60. The van der Waals surface area contributed by atoms with Crippen LogP contribution in [0.3, 0.4) is 0 Å². The van der Waals surface area contributed by atoms with E-state index in [0.717, 1.165) is 45.0 Å². The lowest BCUT2D eigenvalue weighted by atomic mass is 10.1. The molecule has 5 heterocycles. The molecule has 0 aliphatic carbocycles. The van der Waals surface area contributed by atoms with Crippen molar-refractivity contribution in [3.63, 3.8) is 0 Å². The summed E-state index contributed by atoms with van der Waals surface area (Å²) in [6, 6.07) is 51.8. The van der Waals surface area contributed by atoms with E-state index < -0.39 is 0 Å². The predicted molar refractivity (Wildman–Crippen MR) is 193 cm³/mol. The summed E-state index contributed by atoms with van der Waals surface area (Å²) in [5.74, 6) is 0.870. The van der Waals surface area contributed by atoms with Crippen LogP contribution in [0.1, 0.15) is 0 Å². The number of para-hydroxylation sites is 3. The molecule has 220 valence electrons. The monoisotopic (exact) mass is 601 g/mol. The fraction of sp³-hybridized carbons (Fsp3) is 0. The first-order valence-corrected chi connectivity index (χ1v) is 15.8. The van der Waals surface area contributed by atoms with Crippen molar-refractivity contribution < 1.29 is 0 Å². The summed E-state index contributed by atoms with van der Waals surface area (Å²) in [6.07, 6.45) is 5.83. The Bertz CT molecular complexity index is 2770. The fourth-order valence-electron chi connectivity index (χ4n) is 7.24. The Morgan fingerprint density at radius 3 is 1.96 bits per heavy atom. The SMILES string of the molecule is c1ccc(-n2ccc3cc4c5cc6c(cc5n(-c5cccc(-c7cccnc7)n5)c4cc32)c2ccccc2n6-c2ccccc2)cc1. The van der Waals surface area contributed by atoms with Crippen molar-refractivity contribution in [2.75, 3.05) is 0 Å². The first-order valence-electron chi connectivity index (χ1n) is 15.8. The third-order valence-electron chi connectivity index (χ3n) is 9.34. The van der Waals surface area contributed by atoms with E-state index in [1.165, 1.54) is 38.0 Å². The van der Waals surface area contributed by atoms with Crippen molar-refractivity contribution in [1.82, 2.24) is 23.7 Å². The maximum Gasteiger partial charge on any atom is 0.138 e. The van der Waals surface area contributed by atoms with Gasteiger partial charge in [0.2, 0.25) is 0 Å². The standard InChI is InChI=1S/C42H27N5/c1-3-12-30(13-4-1)45-22-20-28-23-33-35-25-39-34(32-16-7-8-18-37(32)46(39)31-14-5-2-6-15-31)24-40(35)47(41(33)26-38(28)45)42-19-9-17-36(44-42)29-11-10-21-43-27-29/h1-27H. The van der Waals surface area contributed by atoms with Gasteiger partial charge in [-0.2, -0.15) is 0 Å². The third kappa shape index (κ3) is 3.90. The van der Waals surface area contributed by atoms with Crippen molar-refractivity contribution >= 4 is 54.5 Å². The van der Waals surface area contributed by atoms with Gasteiger partial charge in [0.1, 0.15) is 5.82 Å². The van der Waals surface area contributed by atoms with Gasteiger partial charge in [-0.3, -0.25) is 9.55 Å². The predicted octanol–water partition coefficient (Wildman–Crippen LogP) is 10.3. The zero-order chi connectivity index (χ0) is 30.9. The second kappa shape index (κ2) is 10.0. The van der Waals surface area contributed by atoms with Crippen molar-refractivity contribution in [2.24, 2.45) is 0 Å². The van der Waals surface area contributed by atoms with Gasteiger partial charge < -0.3 is 9.13 Å². The van der Waals surface area contributed by atoms with Gasteiger partial charge in [0.05, 0.1) is 33.3 Å². The van der Waals surface area contributed by atoms with Gasteiger partial charge in [-0.05, 0) is 84.9 Å². The Morgan fingerprint density at radius 1 is 0.447 bits per heavy atom. The summed E-state index contributed by atoms with van der Waals surface area (Å²) < 4.78 is 6.99. The molecule has 0 spiro atoms. The van der Waals surface area contributed by atoms with Crippen molar-refractivity contribution in [2.45, 2.75) is 0 Å².